The lowest BCUT2D eigenvalue weighted by Gasteiger charge is -2.20. The summed E-state index contributed by atoms with van der Waals surface area (Å²) in [6, 6.07) is 6.97. The molecular formula is C13H18O4S. The topological polar surface area (TPSA) is 66.8 Å². The fourth-order valence-electron chi connectivity index (χ4n) is 1.71. The zero-order valence-electron chi connectivity index (χ0n) is 10.2. The lowest BCUT2D eigenvalue weighted by Crippen LogP contribution is -2.20. The number of esters is 1. The number of rotatable bonds is 6. The highest BCUT2D eigenvalue weighted by Crippen LogP contribution is 2.23. The maximum atomic E-state index is 11.3. The minimum atomic E-state index is -1.02. The maximum Gasteiger partial charge on any atom is 0.309 e. The molecule has 4 nitrogen and oxygen atoms in total. The minimum absolute atomic E-state index is 0.0807. The van der Waals surface area contributed by atoms with Crippen molar-refractivity contribution in [1.82, 2.24) is 0 Å². The Morgan fingerprint density at radius 2 is 2.06 bits per heavy atom. The van der Waals surface area contributed by atoms with Crippen LogP contribution in [0.15, 0.2) is 24.3 Å². The van der Waals surface area contributed by atoms with Gasteiger partial charge in [-0.05, 0) is 23.3 Å². The molecule has 18 heavy (non-hydrogen) atoms. The quantitative estimate of drug-likeness (QED) is 0.535. The molecule has 0 aliphatic heterocycles. The molecule has 0 bridgehead atoms. The van der Waals surface area contributed by atoms with Crippen molar-refractivity contribution in [3.05, 3.63) is 35.4 Å². The van der Waals surface area contributed by atoms with Crippen LogP contribution in [-0.4, -0.2) is 35.1 Å². The van der Waals surface area contributed by atoms with Gasteiger partial charge in [0.2, 0.25) is 0 Å². The molecule has 0 saturated carbocycles. The molecule has 2 atom stereocenters. The van der Waals surface area contributed by atoms with Crippen molar-refractivity contribution in [3.8, 4) is 0 Å². The molecule has 0 heterocycles. The van der Waals surface area contributed by atoms with E-state index in [1.165, 1.54) is 7.11 Å². The van der Waals surface area contributed by atoms with Gasteiger partial charge in [-0.15, -0.1) is 0 Å². The second-order valence-corrected chi connectivity index (χ2v) is 4.42. The van der Waals surface area contributed by atoms with E-state index in [0.717, 1.165) is 0 Å². The van der Waals surface area contributed by atoms with Crippen LogP contribution in [-0.2, 0) is 16.0 Å². The van der Waals surface area contributed by atoms with Gasteiger partial charge in [-0.2, -0.15) is 12.6 Å². The first-order valence-electron chi connectivity index (χ1n) is 5.71. The van der Waals surface area contributed by atoms with Gasteiger partial charge < -0.3 is 14.9 Å². The monoisotopic (exact) mass is 270 g/mol. The summed E-state index contributed by atoms with van der Waals surface area (Å²) in [6.45, 7) is 0. The predicted molar refractivity (Wildman–Crippen MR) is 71.6 cm³/mol. The highest BCUT2D eigenvalue weighted by molar-refractivity contribution is 7.80. The van der Waals surface area contributed by atoms with E-state index in [4.69, 9.17) is 0 Å². The van der Waals surface area contributed by atoms with Crippen LogP contribution in [0.1, 0.15) is 23.7 Å². The number of aliphatic hydroxyl groups excluding tert-OH is 2. The van der Waals surface area contributed by atoms with E-state index >= 15 is 0 Å². The van der Waals surface area contributed by atoms with Gasteiger partial charge in [-0.3, -0.25) is 4.79 Å². The Hall–Kier alpha value is -1.04. The zero-order chi connectivity index (χ0) is 13.5. The number of ether oxygens (including phenoxy) is 1. The number of hydrogen-bond acceptors (Lipinski definition) is 5. The minimum Gasteiger partial charge on any atom is -0.469 e. The van der Waals surface area contributed by atoms with E-state index in [-0.39, 0.29) is 12.4 Å². The van der Waals surface area contributed by atoms with Crippen molar-refractivity contribution in [2.45, 2.75) is 25.0 Å². The van der Waals surface area contributed by atoms with Crippen molar-refractivity contribution >= 4 is 18.6 Å². The predicted octanol–water partition coefficient (Wildman–Crippen LogP) is 1.12. The second kappa shape index (κ2) is 7.41. The molecule has 0 aliphatic rings. The van der Waals surface area contributed by atoms with E-state index in [2.05, 4.69) is 17.4 Å². The van der Waals surface area contributed by atoms with Crippen LogP contribution >= 0.6 is 12.6 Å². The number of aliphatic hydroxyl groups is 2. The molecule has 1 aromatic rings. The van der Waals surface area contributed by atoms with Crippen molar-refractivity contribution in [3.63, 3.8) is 0 Å². The van der Waals surface area contributed by atoms with Gasteiger partial charge in [0, 0.05) is 0 Å². The van der Waals surface area contributed by atoms with Crippen LogP contribution in [0.3, 0.4) is 0 Å². The van der Waals surface area contributed by atoms with Gasteiger partial charge in [-0.1, -0.05) is 24.3 Å². The van der Waals surface area contributed by atoms with Crippen LogP contribution in [0.5, 0.6) is 0 Å². The van der Waals surface area contributed by atoms with Crippen molar-refractivity contribution in [1.29, 1.82) is 0 Å². The Bertz CT molecular complexity index is 394. The van der Waals surface area contributed by atoms with Gasteiger partial charge in [-0.25, -0.2) is 0 Å². The number of carbonyl (C=O) groups excluding carboxylic acids is 1. The summed E-state index contributed by atoms with van der Waals surface area (Å²) in [6.07, 6.45) is -1.44. The average Bonchev–Trinajstić information content (AvgIpc) is 2.38. The normalized spacial score (nSPS) is 14.0. The van der Waals surface area contributed by atoms with E-state index in [1.807, 2.05) is 0 Å². The Morgan fingerprint density at radius 3 is 2.67 bits per heavy atom. The number of benzene rings is 1. The third-order valence-corrected chi connectivity index (χ3v) is 2.98. The molecule has 0 spiro atoms. The first kappa shape index (κ1) is 15.0. The molecule has 2 N–H and O–H groups in total. The molecule has 0 radical (unpaired) electrons. The molecule has 0 aliphatic carbocycles. The summed E-state index contributed by atoms with van der Waals surface area (Å²) >= 11 is 4.02. The Labute approximate surface area is 112 Å². The second-order valence-electron chi connectivity index (χ2n) is 3.98. The fraction of sp³-hybridized carbons (Fsp3) is 0.462. The molecular weight excluding hydrogens is 252 g/mol. The Morgan fingerprint density at radius 1 is 1.39 bits per heavy atom. The molecule has 1 rings (SSSR count). The van der Waals surface area contributed by atoms with Gasteiger partial charge >= 0.3 is 5.97 Å². The van der Waals surface area contributed by atoms with Crippen LogP contribution in [0.25, 0.3) is 0 Å². The van der Waals surface area contributed by atoms with Gasteiger partial charge in [0.1, 0.15) is 6.10 Å². The number of hydrogen-bond donors (Lipinski definition) is 3. The van der Waals surface area contributed by atoms with Crippen LogP contribution in [0.2, 0.25) is 0 Å². The summed E-state index contributed by atoms with van der Waals surface area (Å²) in [5.41, 5.74) is 1.22. The van der Waals surface area contributed by atoms with E-state index < -0.39 is 12.2 Å². The summed E-state index contributed by atoms with van der Waals surface area (Å²) < 4.78 is 4.60. The molecule has 2 unspecified atom stereocenters. The van der Waals surface area contributed by atoms with Crippen LogP contribution in [0.4, 0.5) is 0 Å². The summed E-state index contributed by atoms with van der Waals surface area (Å²) in [5.74, 6) is 0.107. The molecule has 100 valence electrons. The maximum absolute atomic E-state index is 11.3. The highest BCUT2D eigenvalue weighted by atomic mass is 32.1. The molecule has 0 amide bonds. The Balaban J connectivity index is 2.90. The van der Waals surface area contributed by atoms with E-state index in [1.54, 1.807) is 24.3 Å². The smallest absolute Gasteiger partial charge is 0.309 e. The largest absolute Gasteiger partial charge is 0.469 e. The highest BCUT2D eigenvalue weighted by Gasteiger charge is 2.21. The molecule has 5 heteroatoms. The van der Waals surface area contributed by atoms with Crippen molar-refractivity contribution in [2.75, 3.05) is 12.9 Å². The molecule has 0 saturated heterocycles. The lowest BCUT2D eigenvalue weighted by molar-refractivity contribution is -0.139. The van der Waals surface area contributed by atoms with Gasteiger partial charge in [0.15, 0.2) is 0 Å². The van der Waals surface area contributed by atoms with Gasteiger partial charge in [0.25, 0.3) is 0 Å². The first-order valence-corrected chi connectivity index (χ1v) is 6.35. The third kappa shape index (κ3) is 4.01. The standard InChI is InChI=1S/C13H18O4S/c1-17-12(15)8-9-4-2-3-5-10(9)13(16)11(14)6-7-18/h2-5,11,13-14,16,18H,6-8H2,1H3. The van der Waals surface area contributed by atoms with E-state index in [9.17, 15) is 15.0 Å². The number of carbonyl (C=O) groups is 1. The molecule has 0 aromatic heterocycles. The molecule has 1 aromatic carbocycles. The van der Waals surface area contributed by atoms with Crippen LogP contribution in [0, 0.1) is 0 Å². The zero-order valence-corrected chi connectivity index (χ0v) is 11.1. The number of thiol groups is 1. The third-order valence-electron chi connectivity index (χ3n) is 2.73. The summed E-state index contributed by atoms with van der Waals surface area (Å²) in [7, 11) is 1.32. The Kier molecular flexibility index (Phi) is 6.18. The van der Waals surface area contributed by atoms with Crippen molar-refractivity contribution in [2.24, 2.45) is 0 Å². The summed E-state index contributed by atoms with van der Waals surface area (Å²) in [5, 5.41) is 19.8. The van der Waals surface area contributed by atoms with E-state index in [0.29, 0.717) is 23.3 Å². The van der Waals surface area contributed by atoms with Crippen LogP contribution < -0.4 is 0 Å². The number of methoxy groups -OCH3 is 1. The van der Waals surface area contributed by atoms with Gasteiger partial charge in [0.05, 0.1) is 19.6 Å². The first-order chi connectivity index (χ1) is 8.60. The summed E-state index contributed by atoms with van der Waals surface area (Å²) in [4.78, 5) is 11.3. The average molecular weight is 270 g/mol. The lowest BCUT2D eigenvalue weighted by atomic mass is 9.96. The fourth-order valence-corrected chi connectivity index (χ4v) is 1.97. The molecule has 0 fully saturated rings. The van der Waals surface area contributed by atoms with Crippen molar-refractivity contribution < 1.29 is 19.7 Å². The SMILES string of the molecule is COC(=O)Cc1ccccc1C(O)C(O)CCS.